The Labute approximate surface area is 157 Å². The lowest BCUT2D eigenvalue weighted by molar-refractivity contribution is -0.119. The Kier molecular flexibility index (Phi) is 6.56. The number of halogens is 2. The molecule has 0 aliphatic heterocycles. The summed E-state index contributed by atoms with van der Waals surface area (Å²) in [6.45, 7) is -0.251. The van der Waals surface area contributed by atoms with Gasteiger partial charge in [0.1, 0.15) is 5.75 Å². The lowest BCUT2D eigenvalue weighted by Crippen LogP contribution is -2.20. The van der Waals surface area contributed by atoms with Gasteiger partial charge in [-0.2, -0.15) is 5.10 Å². The number of hydrazone groups is 1. The molecule has 2 aromatic carbocycles. The van der Waals surface area contributed by atoms with E-state index >= 15 is 0 Å². The summed E-state index contributed by atoms with van der Waals surface area (Å²) in [5.74, 6) is -0.553. The first-order valence-electron chi connectivity index (χ1n) is 6.75. The van der Waals surface area contributed by atoms with Crippen molar-refractivity contribution in [1.82, 2.24) is 5.43 Å². The molecule has 3 N–H and O–H groups in total. The minimum atomic E-state index is -0.588. The summed E-state index contributed by atoms with van der Waals surface area (Å²) in [4.78, 5) is 22.6. The highest BCUT2D eigenvalue weighted by Crippen LogP contribution is 2.24. The van der Waals surface area contributed by atoms with Crippen LogP contribution in [0.2, 0.25) is 5.02 Å². The average molecular weight is 458 g/mol. The van der Waals surface area contributed by atoms with Crippen LogP contribution in [0.3, 0.4) is 0 Å². The second-order valence-corrected chi connectivity index (χ2v) is 6.31. The van der Waals surface area contributed by atoms with Crippen LogP contribution in [0, 0.1) is 3.57 Å². The fraction of sp³-hybridized carbons (Fsp3) is 0.0625. The molecule has 2 aromatic rings. The molecule has 0 saturated heterocycles. The summed E-state index contributed by atoms with van der Waals surface area (Å²) in [6.07, 6.45) is 1.45. The molecule has 0 bridgehead atoms. The zero-order valence-electron chi connectivity index (χ0n) is 12.3. The number of nitrogens with two attached hydrogens (primary N) is 1. The number of benzene rings is 2. The highest BCUT2D eigenvalue weighted by Gasteiger charge is 2.05. The quantitative estimate of drug-likeness (QED) is 0.397. The molecule has 2 amide bonds. The molecular weight excluding hydrogens is 445 g/mol. The molecule has 0 unspecified atom stereocenters. The minimum Gasteiger partial charge on any atom is -0.482 e. The maximum Gasteiger partial charge on any atom is 0.271 e. The Morgan fingerprint density at radius 3 is 2.75 bits per heavy atom. The van der Waals surface area contributed by atoms with Crippen LogP contribution in [0.15, 0.2) is 47.6 Å². The van der Waals surface area contributed by atoms with Gasteiger partial charge in [-0.05, 0) is 64.6 Å². The monoisotopic (exact) mass is 457 g/mol. The largest absolute Gasteiger partial charge is 0.482 e. The molecule has 2 rings (SSSR count). The molecule has 8 heteroatoms. The van der Waals surface area contributed by atoms with Crippen molar-refractivity contribution >= 4 is 52.2 Å². The summed E-state index contributed by atoms with van der Waals surface area (Å²) < 4.78 is 6.10. The van der Waals surface area contributed by atoms with Crippen LogP contribution in [0.25, 0.3) is 0 Å². The van der Waals surface area contributed by atoms with Gasteiger partial charge in [0.15, 0.2) is 6.61 Å². The summed E-state index contributed by atoms with van der Waals surface area (Å²) in [5, 5.41) is 4.20. The van der Waals surface area contributed by atoms with Crippen LogP contribution >= 0.6 is 34.2 Å². The van der Waals surface area contributed by atoms with Crippen LogP contribution in [0.5, 0.6) is 5.75 Å². The molecule has 124 valence electrons. The second kappa shape index (κ2) is 8.65. The first kappa shape index (κ1) is 18.2. The lowest BCUT2D eigenvalue weighted by atomic mass is 10.2. The van der Waals surface area contributed by atoms with Gasteiger partial charge in [-0.25, -0.2) is 5.43 Å². The molecule has 6 nitrogen and oxygen atoms in total. The Balaban J connectivity index is 1.98. The van der Waals surface area contributed by atoms with E-state index in [4.69, 9.17) is 22.1 Å². The third-order valence-electron chi connectivity index (χ3n) is 2.79. The van der Waals surface area contributed by atoms with E-state index < -0.39 is 5.91 Å². The number of carbonyl (C=O) groups excluding carboxylic acids is 2. The van der Waals surface area contributed by atoms with Gasteiger partial charge in [0.05, 0.1) is 11.2 Å². The number of rotatable bonds is 6. The van der Waals surface area contributed by atoms with Gasteiger partial charge in [0.2, 0.25) is 0 Å². The number of hydrogen-bond acceptors (Lipinski definition) is 4. The zero-order valence-corrected chi connectivity index (χ0v) is 15.2. The van der Waals surface area contributed by atoms with E-state index in [9.17, 15) is 9.59 Å². The SMILES string of the molecule is NC(=O)COc1ccc(C=NNC(=O)c2cccc(I)c2)cc1Cl. The number of hydrogen-bond donors (Lipinski definition) is 2. The average Bonchev–Trinajstić information content (AvgIpc) is 2.53. The normalized spacial score (nSPS) is 10.6. The maximum atomic E-state index is 11.9. The zero-order chi connectivity index (χ0) is 17.5. The molecule has 0 saturated carbocycles. The summed E-state index contributed by atoms with van der Waals surface area (Å²) >= 11 is 8.17. The first-order valence-corrected chi connectivity index (χ1v) is 8.21. The molecule has 24 heavy (non-hydrogen) atoms. The molecule has 0 atom stereocenters. The van der Waals surface area contributed by atoms with Crippen molar-refractivity contribution in [3.8, 4) is 5.75 Å². The van der Waals surface area contributed by atoms with Gasteiger partial charge in [-0.15, -0.1) is 0 Å². The molecule has 0 heterocycles. The number of nitrogens with zero attached hydrogens (tertiary/aromatic N) is 1. The summed E-state index contributed by atoms with van der Waals surface area (Å²) in [5.41, 5.74) is 8.63. The summed E-state index contributed by atoms with van der Waals surface area (Å²) in [7, 11) is 0. The van der Waals surface area contributed by atoms with E-state index in [1.165, 1.54) is 6.21 Å². The predicted octanol–water partition coefficient (Wildman–Crippen LogP) is 2.57. The highest BCUT2D eigenvalue weighted by molar-refractivity contribution is 14.1. The van der Waals surface area contributed by atoms with Crippen LogP contribution in [0.4, 0.5) is 0 Å². The molecule has 0 spiro atoms. The minimum absolute atomic E-state index is 0.251. The number of ether oxygens (including phenoxy) is 1. The predicted molar refractivity (Wildman–Crippen MR) is 100 cm³/mol. The van der Waals surface area contributed by atoms with Gasteiger partial charge < -0.3 is 10.5 Å². The van der Waals surface area contributed by atoms with Crippen LogP contribution in [-0.2, 0) is 4.79 Å². The van der Waals surface area contributed by atoms with Gasteiger partial charge in [-0.3, -0.25) is 9.59 Å². The van der Waals surface area contributed by atoms with Crippen LogP contribution in [0.1, 0.15) is 15.9 Å². The Morgan fingerprint density at radius 2 is 2.08 bits per heavy atom. The number of nitrogens with one attached hydrogen (secondary N) is 1. The second-order valence-electron chi connectivity index (χ2n) is 4.65. The lowest BCUT2D eigenvalue weighted by Gasteiger charge is -2.06. The standard InChI is InChI=1S/C16H13ClIN3O3/c17-13-6-10(4-5-14(13)24-9-15(19)22)8-20-21-16(23)11-2-1-3-12(18)7-11/h1-8H,9H2,(H2,19,22)(H,21,23). The fourth-order valence-corrected chi connectivity index (χ4v) is 2.51. The number of carbonyl (C=O) groups is 2. The fourth-order valence-electron chi connectivity index (χ4n) is 1.72. The smallest absolute Gasteiger partial charge is 0.271 e. The Bertz CT molecular complexity index is 796. The van der Waals surface area contributed by atoms with Gasteiger partial charge in [0, 0.05) is 9.13 Å². The van der Waals surface area contributed by atoms with E-state index in [-0.39, 0.29) is 12.5 Å². The van der Waals surface area contributed by atoms with E-state index in [1.807, 2.05) is 6.07 Å². The van der Waals surface area contributed by atoms with Crippen molar-refractivity contribution in [3.63, 3.8) is 0 Å². The van der Waals surface area contributed by atoms with Crippen molar-refractivity contribution in [2.75, 3.05) is 6.61 Å². The van der Waals surface area contributed by atoms with Gasteiger partial charge >= 0.3 is 0 Å². The Morgan fingerprint density at radius 1 is 1.29 bits per heavy atom. The third kappa shape index (κ3) is 5.50. The molecule has 0 radical (unpaired) electrons. The summed E-state index contributed by atoms with van der Waals surface area (Å²) in [6, 6.07) is 12.0. The van der Waals surface area contributed by atoms with Crippen LogP contribution < -0.4 is 15.9 Å². The van der Waals surface area contributed by atoms with E-state index in [1.54, 1.807) is 36.4 Å². The van der Waals surface area contributed by atoms with Crippen molar-refractivity contribution in [2.45, 2.75) is 0 Å². The molecule has 0 aromatic heterocycles. The van der Waals surface area contributed by atoms with Crippen molar-refractivity contribution in [1.29, 1.82) is 0 Å². The topological polar surface area (TPSA) is 93.8 Å². The van der Waals surface area contributed by atoms with Crippen molar-refractivity contribution in [2.24, 2.45) is 10.8 Å². The van der Waals surface area contributed by atoms with Gasteiger partial charge in [0.25, 0.3) is 11.8 Å². The highest BCUT2D eigenvalue weighted by atomic mass is 127. The molecule has 0 aliphatic rings. The van der Waals surface area contributed by atoms with Gasteiger partial charge in [-0.1, -0.05) is 17.7 Å². The van der Waals surface area contributed by atoms with E-state index in [2.05, 4.69) is 33.1 Å². The van der Waals surface area contributed by atoms with E-state index in [0.29, 0.717) is 21.9 Å². The number of primary amides is 1. The molecular formula is C16H13ClIN3O3. The first-order chi connectivity index (χ1) is 11.5. The van der Waals surface area contributed by atoms with Crippen LogP contribution in [-0.4, -0.2) is 24.6 Å². The van der Waals surface area contributed by atoms with Crippen molar-refractivity contribution in [3.05, 3.63) is 62.2 Å². The third-order valence-corrected chi connectivity index (χ3v) is 3.76. The van der Waals surface area contributed by atoms with Crippen molar-refractivity contribution < 1.29 is 14.3 Å². The number of amides is 2. The van der Waals surface area contributed by atoms with E-state index in [0.717, 1.165) is 3.57 Å². The molecule has 0 aliphatic carbocycles. The molecule has 0 fully saturated rings. The maximum absolute atomic E-state index is 11.9. The Hall–Kier alpha value is -2.13.